The Labute approximate surface area is 187 Å². The number of hydrogen-bond acceptors (Lipinski definition) is 6. The first-order chi connectivity index (χ1) is 15.4. The van der Waals surface area contributed by atoms with Crippen LogP contribution in [0.4, 0.5) is 5.82 Å². The van der Waals surface area contributed by atoms with Crippen molar-refractivity contribution in [3.8, 4) is 0 Å². The van der Waals surface area contributed by atoms with Crippen molar-refractivity contribution in [1.29, 1.82) is 0 Å². The number of fused-ring (bicyclic) bond motifs is 3. The van der Waals surface area contributed by atoms with Crippen molar-refractivity contribution in [1.82, 2.24) is 19.8 Å². The van der Waals surface area contributed by atoms with Crippen molar-refractivity contribution < 1.29 is 8.42 Å². The summed E-state index contributed by atoms with van der Waals surface area (Å²) < 4.78 is 28.7. The molecule has 2 heterocycles. The van der Waals surface area contributed by atoms with Gasteiger partial charge in [-0.3, -0.25) is 0 Å². The summed E-state index contributed by atoms with van der Waals surface area (Å²) in [6.45, 7) is 5.92. The fraction of sp³-hybridized carbons (Fsp3) is 0.375. The molecule has 1 aliphatic carbocycles. The molecule has 32 heavy (non-hydrogen) atoms. The van der Waals surface area contributed by atoms with Crippen LogP contribution in [-0.4, -0.2) is 34.3 Å². The van der Waals surface area contributed by atoms with E-state index in [9.17, 15) is 8.42 Å². The lowest BCUT2D eigenvalue weighted by Crippen LogP contribution is -2.30. The van der Waals surface area contributed by atoms with Crippen LogP contribution >= 0.6 is 0 Å². The minimum atomic E-state index is -3.89. The van der Waals surface area contributed by atoms with Gasteiger partial charge in [0, 0.05) is 11.4 Å². The topological polar surface area (TPSA) is 89.2 Å². The molecule has 2 atom stereocenters. The highest BCUT2D eigenvalue weighted by molar-refractivity contribution is 7.91. The van der Waals surface area contributed by atoms with E-state index in [2.05, 4.69) is 22.6 Å². The fourth-order valence-corrected chi connectivity index (χ4v) is 6.19. The van der Waals surface area contributed by atoms with Gasteiger partial charge in [-0.1, -0.05) is 49.2 Å². The first-order valence-electron chi connectivity index (χ1n) is 11.1. The van der Waals surface area contributed by atoms with Gasteiger partial charge >= 0.3 is 0 Å². The predicted octanol–water partition coefficient (Wildman–Crippen LogP) is 4.72. The summed E-state index contributed by atoms with van der Waals surface area (Å²) in [6.07, 6.45) is 4.69. The number of benzene rings is 2. The second kappa shape index (κ2) is 7.85. The van der Waals surface area contributed by atoms with Gasteiger partial charge < -0.3 is 5.32 Å². The van der Waals surface area contributed by atoms with Gasteiger partial charge in [-0.15, -0.1) is 5.10 Å². The predicted molar refractivity (Wildman–Crippen MR) is 125 cm³/mol. The zero-order valence-electron chi connectivity index (χ0n) is 18.5. The highest BCUT2D eigenvalue weighted by Crippen LogP contribution is 2.32. The second-order valence-electron chi connectivity index (χ2n) is 8.89. The van der Waals surface area contributed by atoms with Crippen molar-refractivity contribution in [3.05, 3.63) is 53.6 Å². The maximum absolute atomic E-state index is 13.6. The Bertz CT molecular complexity index is 1430. The van der Waals surface area contributed by atoms with Crippen molar-refractivity contribution in [2.24, 2.45) is 5.92 Å². The molecule has 5 rings (SSSR count). The Morgan fingerprint density at radius 3 is 2.66 bits per heavy atom. The Morgan fingerprint density at radius 2 is 1.84 bits per heavy atom. The van der Waals surface area contributed by atoms with Gasteiger partial charge in [0.1, 0.15) is 5.82 Å². The second-order valence-corrected chi connectivity index (χ2v) is 10.7. The molecule has 2 aromatic carbocycles. The van der Waals surface area contributed by atoms with Gasteiger partial charge in [-0.05, 0) is 61.9 Å². The number of aryl methyl sites for hydroxylation is 2. The third-order valence-electron chi connectivity index (χ3n) is 6.54. The minimum absolute atomic E-state index is 0.114. The molecule has 7 nitrogen and oxygen atoms in total. The van der Waals surface area contributed by atoms with E-state index in [1.165, 1.54) is 23.8 Å². The van der Waals surface area contributed by atoms with Crippen LogP contribution in [0.5, 0.6) is 0 Å². The van der Waals surface area contributed by atoms with Gasteiger partial charge in [0.15, 0.2) is 5.65 Å². The Kier molecular flexibility index (Phi) is 5.12. The van der Waals surface area contributed by atoms with Crippen LogP contribution in [-0.2, 0) is 9.84 Å². The molecule has 4 aromatic rings. The molecule has 0 unspecified atom stereocenters. The number of nitrogens with one attached hydrogen (secondary N) is 1. The van der Waals surface area contributed by atoms with Crippen LogP contribution in [0.25, 0.3) is 16.6 Å². The summed E-state index contributed by atoms with van der Waals surface area (Å²) >= 11 is 0. The van der Waals surface area contributed by atoms with Gasteiger partial charge in [0.2, 0.25) is 14.9 Å². The van der Waals surface area contributed by atoms with E-state index in [4.69, 9.17) is 4.98 Å². The van der Waals surface area contributed by atoms with E-state index in [1.54, 1.807) is 13.0 Å². The fourth-order valence-electron chi connectivity index (χ4n) is 4.64. The molecule has 1 aliphatic rings. The van der Waals surface area contributed by atoms with Crippen LogP contribution < -0.4 is 5.32 Å². The van der Waals surface area contributed by atoms with Crippen LogP contribution in [0.2, 0.25) is 0 Å². The standard InChI is InChI=1S/C24H27N5O2S/c1-15-12-13-17(3)21(14-15)32(30,31)24-23-26-22(25-19-10-6-4-8-16(19)2)18-9-5-7-11-20(18)29(23)28-27-24/h5,7,9,11-14,16,19H,4,6,8,10H2,1-3H3,(H,25,26)/t16-,19-/m1/s1. The van der Waals surface area contributed by atoms with Crippen LogP contribution in [0.3, 0.4) is 0 Å². The van der Waals surface area contributed by atoms with Crippen LogP contribution in [0.15, 0.2) is 52.4 Å². The average Bonchev–Trinajstić information content (AvgIpc) is 3.22. The number of hydrogen-bond donors (Lipinski definition) is 1. The van der Waals surface area contributed by atoms with E-state index < -0.39 is 9.84 Å². The van der Waals surface area contributed by atoms with E-state index in [-0.39, 0.29) is 15.6 Å². The molecule has 0 saturated heterocycles. The first kappa shape index (κ1) is 20.9. The number of para-hydroxylation sites is 1. The summed E-state index contributed by atoms with van der Waals surface area (Å²) in [5.74, 6) is 1.22. The molecule has 2 aromatic heterocycles. The molecular formula is C24H27N5O2S. The van der Waals surface area contributed by atoms with Gasteiger partial charge in [-0.2, -0.15) is 4.52 Å². The molecule has 166 valence electrons. The van der Waals surface area contributed by atoms with Crippen molar-refractivity contribution in [3.63, 3.8) is 0 Å². The highest BCUT2D eigenvalue weighted by Gasteiger charge is 2.29. The quantitative estimate of drug-likeness (QED) is 0.485. The first-order valence-corrected chi connectivity index (χ1v) is 12.6. The average molecular weight is 450 g/mol. The monoisotopic (exact) mass is 449 g/mol. The molecular weight excluding hydrogens is 422 g/mol. The van der Waals surface area contributed by atoms with Crippen LogP contribution in [0.1, 0.15) is 43.7 Å². The van der Waals surface area contributed by atoms with E-state index in [0.717, 1.165) is 22.9 Å². The zero-order valence-corrected chi connectivity index (χ0v) is 19.4. The number of nitrogens with zero attached hydrogens (tertiary/aromatic N) is 4. The van der Waals surface area contributed by atoms with E-state index in [1.807, 2.05) is 43.3 Å². The third kappa shape index (κ3) is 3.43. The zero-order chi connectivity index (χ0) is 22.5. The molecule has 1 fully saturated rings. The number of rotatable bonds is 4. The van der Waals surface area contributed by atoms with Gasteiger partial charge in [0.25, 0.3) is 0 Å². The van der Waals surface area contributed by atoms with Gasteiger partial charge in [-0.25, -0.2) is 13.4 Å². The van der Waals surface area contributed by atoms with Gasteiger partial charge in [0.05, 0.1) is 10.4 Å². The molecule has 0 spiro atoms. The van der Waals surface area contributed by atoms with E-state index >= 15 is 0 Å². The maximum atomic E-state index is 13.6. The summed E-state index contributed by atoms with van der Waals surface area (Å²) in [5, 5.41) is 12.7. The van der Waals surface area contributed by atoms with E-state index in [0.29, 0.717) is 23.3 Å². The molecule has 0 aliphatic heterocycles. The lowest BCUT2D eigenvalue weighted by molar-refractivity contribution is 0.349. The summed E-state index contributed by atoms with van der Waals surface area (Å²) in [7, 11) is -3.89. The highest BCUT2D eigenvalue weighted by atomic mass is 32.2. The van der Waals surface area contributed by atoms with Crippen molar-refractivity contribution in [2.75, 3.05) is 5.32 Å². The summed E-state index contributed by atoms with van der Waals surface area (Å²) in [5.41, 5.74) is 2.57. The Morgan fingerprint density at radius 1 is 1.06 bits per heavy atom. The number of aromatic nitrogens is 4. The van der Waals surface area contributed by atoms with Crippen LogP contribution in [0, 0.1) is 19.8 Å². The molecule has 1 saturated carbocycles. The smallest absolute Gasteiger partial charge is 0.229 e. The Balaban J connectivity index is 1.71. The lowest BCUT2D eigenvalue weighted by atomic mass is 9.86. The molecule has 0 amide bonds. The molecule has 1 N–H and O–H groups in total. The normalized spacial score (nSPS) is 19.5. The number of anilines is 1. The number of sulfone groups is 1. The Hall–Kier alpha value is -3.00. The maximum Gasteiger partial charge on any atom is 0.229 e. The largest absolute Gasteiger partial charge is 0.366 e. The van der Waals surface area contributed by atoms with Crippen molar-refractivity contribution in [2.45, 2.75) is 62.4 Å². The molecule has 8 heteroatoms. The molecule has 0 bridgehead atoms. The molecule has 0 radical (unpaired) electrons. The lowest BCUT2D eigenvalue weighted by Gasteiger charge is -2.30. The summed E-state index contributed by atoms with van der Waals surface area (Å²) in [6, 6.07) is 13.5. The summed E-state index contributed by atoms with van der Waals surface area (Å²) in [4.78, 5) is 5.02. The SMILES string of the molecule is Cc1ccc(C)c(S(=O)(=O)c2nnn3c2nc(N[C@@H]2CCCC[C@H]2C)c2ccccc23)c1. The van der Waals surface area contributed by atoms with Crippen molar-refractivity contribution >= 4 is 32.2 Å². The third-order valence-corrected chi connectivity index (χ3v) is 8.34. The minimum Gasteiger partial charge on any atom is -0.366 e.